The second kappa shape index (κ2) is 19.0. The number of thioether (sulfide) groups is 1. The van der Waals surface area contributed by atoms with Crippen molar-refractivity contribution in [2.24, 2.45) is 5.41 Å². The number of nitrogens with one attached hydrogen (secondary N) is 2. The molecule has 0 bridgehead atoms. The van der Waals surface area contributed by atoms with Crippen molar-refractivity contribution in [3.63, 3.8) is 0 Å². The lowest BCUT2D eigenvalue weighted by Gasteiger charge is -2.30. The van der Waals surface area contributed by atoms with Crippen LogP contribution in [-0.2, 0) is 50.7 Å². The number of phosphoric acid groups is 3. The summed E-state index contributed by atoms with van der Waals surface area (Å²) in [7, 11) is -16.4. The number of carbonyl (C=O) groups excluding carboxylic acids is 3. The molecule has 0 radical (unpaired) electrons. The van der Waals surface area contributed by atoms with Gasteiger partial charge in [-0.15, -0.1) is 0 Å². The fraction of sp³-hybridized carbons (Fsp3) is 0.615. The monoisotopic (exact) mass is 849 g/mol. The Morgan fingerprint density at radius 1 is 1.07 bits per heavy atom. The lowest BCUT2D eigenvalue weighted by Crippen LogP contribution is -2.46. The summed E-state index contributed by atoms with van der Waals surface area (Å²) in [5.41, 5.74) is 5.10. The average Bonchev–Trinajstić information content (AvgIpc) is 3.60. The normalized spacial score (nSPS) is 21.9. The molecule has 0 saturated carbocycles. The van der Waals surface area contributed by atoms with Crippen LogP contribution in [-0.4, -0.2) is 123 Å². The van der Waals surface area contributed by atoms with Gasteiger partial charge in [0.05, 0.1) is 19.5 Å². The number of imidazole rings is 1. The zero-order valence-corrected chi connectivity index (χ0v) is 32.7. The Hall–Kier alpha value is -2.70. The molecular weight excluding hydrogens is 807 g/mol. The third kappa shape index (κ3) is 13.8. The van der Waals surface area contributed by atoms with Gasteiger partial charge in [-0.05, 0) is 19.9 Å². The predicted molar refractivity (Wildman–Crippen MR) is 187 cm³/mol. The number of aliphatic hydroxyl groups excluding tert-OH is 2. The number of amides is 2. The minimum absolute atomic E-state index is 0.0301. The van der Waals surface area contributed by atoms with Crippen molar-refractivity contribution in [2.75, 3.05) is 37.8 Å². The van der Waals surface area contributed by atoms with Gasteiger partial charge in [-0.25, -0.2) is 28.6 Å². The van der Waals surface area contributed by atoms with E-state index in [2.05, 4.69) is 34.4 Å². The van der Waals surface area contributed by atoms with Crippen molar-refractivity contribution >= 4 is 69.1 Å². The van der Waals surface area contributed by atoms with Crippen LogP contribution in [0.25, 0.3) is 11.2 Å². The molecule has 1 aliphatic rings. The van der Waals surface area contributed by atoms with Gasteiger partial charge >= 0.3 is 23.5 Å². The van der Waals surface area contributed by atoms with Crippen LogP contribution in [0.3, 0.4) is 0 Å². The number of allylic oxidation sites excluding steroid dienone is 1. The van der Waals surface area contributed by atoms with Gasteiger partial charge in [0.1, 0.15) is 36.3 Å². The molecule has 28 heteroatoms. The molecule has 2 amide bonds. The molecule has 1 fully saturated rings. The maximum absolute atomic E-state index is 12.6. The van der Waals surface area contributed by atoms with Gasteiger partial charge in [0.25, 0.3) is 0 Å². The van der Waals surface area contributed by atoms with Gasteiger partial charge < -0.3 is 50.9 Å². The number of aliphatic hydroxyl groups is 2. The van der Waals surface area contributed by atoms with Gasteiger partial charge in [0.15, 0.2) is 17.7 Å². The summed E-state index contributed by atoms with van der Waals surface area (Å²) in [4.78, 5) is 87.0. The Morgan fingerprint density at radius 2 is 1.74 bits per heavy atom. The molecule has 7 atom stereocenters. The number of hydrogen-bond acceptors (Lipinski definition) is 18. The van der Waals surface area contributed by atoms with Crippen molar-refractivity contribution < 1.29 is 80.5 Å². The van der Waals surface area contributed by atoms with Gasteiger partial charge in [-0.1, -0.05) is 31.2 Å². The van der Waals surface area contributed by atoms with Gasteiger partial charge in [0.2, 0.25) is 16.9 Å². The summed E-state index contributed by atoms with van der Waals surface area (Å²) >= 11 is 1.02. The van der Waals surface area contributed by atoms with E-state index in [1.165, 1.54) is 19.9 Å². The molecule has 2 aromatic rings. The Labute approximate surface area is 311 Å². The highest BCUT2D eigenvalue weighted by molar-refractivity contribution is 8.14. The van der Waals surface area contributed by atoms with Crippen molar-refractivity contribution in [3.8, 4) is 0 Å². The van der Waals surface area contributed by atoms with Crippen LogP contribution in [0.1, 0.15) is 40.3 Å². The molecule has 3 heterocycles. The van der Waals surface area contributed by atoms with Gasteiger partial charge in [-0.2, -0.15) is 4.31 Å². The quantitative estimate of drug-likeness (QED) is 0.0466. The number of phosphoric ester groups is 3. The van der Waals surface area contributed by atoms with E-state index in [1.807, 2.05) is 0 Å². The van der Waals surface area contributed by atoms with E-state index in [-0.39, 0.29) is 41.6 Å². The van der Waals surface area contributed by atoms with Crippen molar-refractivity contribution in [2.45, 2.75) is 64.8 Å². The van der Waals surface area contributed by atoms with Crippen molar-refractivity contribution in [1.82, 2.24) is 30.2 Å². The highest BCUT2D eigenvalue weighted by Crippen LogP contribution is 2.61. The number of carbonyl (C=O) groups is 3. The number of rotatable bonds is 20. The molecule has 3 unspecified atom stereocenters. The fourth-order valence-corrected chi connectivity index (χ4v) is 8.11. The molecule has 24 nitrogen and oxygen atoms in total. The first kappa shape index (κ1) is 45.7. The number of nitrogens with two attached hydrogens (primary N) is 1. The van der Waals surface area contributed by atoms with E-state index in [9.17, 15) is 57.9 Å². The summed E-state index contributed by atoms with van der Waals surface area (Å²) < 4.78 is 62.0. The Balaban J connectivity index is 1.51. The maximum Gasteiger partial charge on any atom is 0.481 e. The summed E-state index contributed by atoms with van der Waals surface area (Å²) in [6, 6.07) is 0. The fourth-order valence-electron chi connectivity index (χ4n) is 4.56. The van der Waals surface area contributed by atoms with Crippen LogP contribution >= 0.6 is 35.2 Å². The third-order valence-electron chi connectivity index (χ3n) is 7.15. The molecule has 1 saturated heterocycles. The van der Waals surface area contributed by atoms with Crippen molar-refractivity contribution in [1.29, 1.82) is 0 Å². The zero-order chi connectivity index (χ0) is 40.6. The average molecular weight is 850 g/mol. The Bertz CT molecular complexity index is 1840. The molecule has 1 aliphatic heterocycles. The standard InChI is InChI=1S/C26H42N7O17P3S/c1-14(2)9-17(35)54-8-7-28-16(34)5-6-29-24(38)21(37)26(3,4)11-47-53(44,45)50-52(42,43)46-10-15-20(49-51(39,40)41)19(36)25(48-15)33-13-32-18-22(27)30-12-31-23(18)33/h9,12-13,15,19-21,25,36-37H,5-8,10-11H2,1-4H3,(H,28,34)(H,29,38)(H,42,43)(H,44,45)(H2,27,30,31)(H2,39,40,41)/t15-,19-,20-,21?,25-/m1/s1. The molecule has 10 N–H and O–H groups in total. The second-order valence-electron chi connectivity index (χ2n) is 12.5. The summed E-state index contributed by atoms with van der Waals surface area (Å²) in [5.74, 6) is -1.13. The number of nitrogen functional groups attached to an aromatic ring is 1. The molecule has 54 heavy (non-hydrogen) atoms. The molecule has 3 rings (SSSR count). The van der Waals surface area contributed by atoms with Gasteiger partial charge in [-0.3, -0.25) is 32.5 Å². The zero-order valence-electron chi connectivity index (χ0n) is 29.2. The lowest BCUT2D eigenvalue weighted by molar-refractivity contribution is -0.137. The lowest BCUT2D eigenvalue weighted by atomic mass is 9.87. The number of fused-ring (bicyclic) bond motifs is 1. The van der Waals surface area contributed by atoms with Crippen LogP contribution in [0.15, 0.2) is 24.3 Å². The molecule has 0 spiro atoms. The smallest absolute Gasteiger partial charge is 0.386 e. The first-order valence-corrected chi connectivity index (χ1v) is 21.1. The van der Waals surface area contributed by atoms with E-state index in [0.717, 1.165) is 34.6 Å². The summed E-state index contributed by atoms with van der Waals surface area (Å²) in [5, 5.41) is 26.1. The predicted octanol–water partition coefficient (Wildman–Crippen LogP) is -0.369. The Morgan fingerprint density at radius 3 is 2.39 bits per heavy atom. The topological polar surface area (TPSA) is 364 Å². The largest absolute Gasteiger partial charge is 0.481 e. The Kier molecular flexibility index (Phi) is 16.0. The number of nitrogens with zero attached hydrogens (tertiary/aromatic N) is 4. The molecule has 0 aromatic carbocycles. The second-order valence-corrected chi connectivity index (χ2v) is 17.8. The molecule has 2 aromatic heterocycles. The van der Waals surface area contributed by atoms with E-state index >= 15 is 0 Å². The third-order valence-corrected chi connectivity index (χ3v) is 11.1. The van der Waals surface area contributed by atoms with Crippen LogP contribution in [0.4, 0.5) is 5.82 Å². The summed E-state index contributed by atoms with van der Waals surface area (Å²) in [6.45, 7) is 4.03. The highest BCUT2D eigenvalue weighted by Gasteiger charge is 2.50. The number of hydrogen-bond donors (Lipinski definition) is 9. The molecule has 0 aliphatic carbocycles. The first-order valence-electron chi connectivity index (χ1n) is 15.6. The minimum Gasteiger partial charge on any atom is -0.386 e. The highest BCUT2D eigenvalue weighted by atomic mass is 32.2. The van der Waals surface area contributed by atoms with Crippen LogP contribution < -0.4 is 16.4 Å². The SMILES string of the molecule is CC(C)=CC(=O)SCCNC(=O)CCNC(=O)C(O)C(C)(C)COP(=O)(O)OP(=O)(O)OC[C@H]1O[C@@H](n2cnc3c(N)ncnc32)[C@H](O)[C@@H]1OP(=O)(O)O. The first-order chi connectivity index (χ1) is 24.9. The van der Waals surface area contributed by atoms with Crippen molar-refractivity contribution in [3.05, 3.63) is 24.3 Å². The van der Waals surface area contributed by atoms with E-state index < -0.39 is 84.6 Å². The number of anilines is 1. The molecular formula is C26H42N7O17P3S. The number of ether oxygens (including phenoxy) is 1. The van der Waals surface area contributed by atoms with E-state index in [4.69, 9.17) is 19.5 Å². The van der Waals surface area contributed by atoms with E-state index in [1.54, 1.807) is 13.8 Å². The van der Waals surface area contributed by atoms with Crippen LogP contribution in [0, 0.1) is 5.41 Å². The minimum atomic E-state index is -5.57. The van der Waals surface area contributed by atoms with Gasteiger partial charge in [0, 0.05) is 30.7 Å². The van der Waals surface area contributed by atoms with Crippen LogP contribution in [0.2, 0.25) is 0 Å². The number of aromatic nitrogens is 4. The van der Waals surface area contributed by atoms with Crippen LogP contribution in [0.5, 0.6) is 0 Å². The molecule has 304 valence electrons. The maximum atomic E-state index is 12.6. The van der Waals surface area contributed by atoms with E-state index in [0.29, 0.717) is 5.75 Å². The summed E-state index contributed by atoms with van der Waals surface area (Å²) in [6.07, 6.45) is -5.45.